The van der Waals surface area contributed by atoms with Crippen molar-refractivity contribution in [1.82, 2.24) is 15.6 Å². The van der Waals surface area contributed by atoms with E-state index in [-0.39, 0.29) is 0 Å². The Balaban J connectivity index is 1.64. The molecule has 0 radical (unpaired) electrons. The van der Waals surface area contributed by atoms with Gasteiger partial charge in [0.05, 0.1) is 13.2 Å². The van der Waals surface area contributed by atoms with Crippen molar-refractivity contribution >= 4 is 11.8 Å². The third kappa shape index (κ3) is 6.66. The third-order valence-electron chi connectivity index (χ3n) is 4.87. The monoisotopic (exact) mass is 395 g/mol. The van der Waals surface area contributed by atoms with Gasteiger partial charge in [0.15, 0.2) is 5.96 Å². The minimum Gasteiger partial charge on any atom is -0.493 e. The molecular weight excluding hydrogens is 362 g/mol. The Bertz CT molecular complexity index is 830. The second-order valence-electron chi connectivity index (χ2n) is 7.83. The summed E-state index contributed by atoms with van der Waals surface area (Å²) in [6.45, 7) is 7.07. The first-order valence-electron chi connectivity index (χ1n) is 10.4. The molecule has 0 amide bonds. The van der Waals surface area contributed by atoms with Gasteiger partial charge in [-0.25, -0.2) is 9.98 Å². The largest absolute Gasteiger partial charge is 0.493 e. The lowest BCUT2D eigenvalue weighted by Gasteiger charge is -2.15. The van der Waals surface area contributed by atoms with Gasteiger partial charge in [-0.3, -0.25) is 0 Å². The molecule has 1 heterocycles. The van der Waals surface area contributed by atoms with Crippen molar-refractivity contribution < 1.29 is 4.74 Å². The molecule has 2 aromatic rings. The smallest absolute Gasteiger partial charge is 0.191 e. The number of benzene rings is 1. The van der Waals surface area contributed by atoms with Crippen LogP contribution in [0, 0.1) is 12.8 Å². The van der Waals surface area contributed by atoms with E-state index in [1.54, 1.807) is 0 Å². The molecule has 6 nitrogen and oxygen atoms in total. The van der Waals surface area contributed by atoms with E-state index < -0.39 is 0 Å². The second kappa shape index (κ2) is 10.1. The molecule has 29 heavy (non-hydrogen) atoms. The number of hydrogen-bond donors (Lipinski definition) is 2. The van der Waals surface area contributed by atoms with E-state index in [4.69, 9.17) is 9.73 Å². The zero-order chi connectivity index (χ0) is 20.6. The molecule has 0 atom stereocenters. The van der Waals surface area contributed by atoms with Gasteiger partial charge < -0.3 is 20.3 Å². The first-order valence-corrected chi connectivity index (χ1v) is 10.4. The van der Waals surface area contributed by atoms with Gasteiger partial charge in [0.2, 0.25) is 0 Å². The van der Waals surface area contributed by atoms with Crippen LogP contribution in [0.2, 0.25) is 0 Å². The summed E-state index contributed by atoms with van der Waals surface area (Å²) in [5, 5.41) is 6.76. The van der Waals surface area contributed by atoms with Crippen molar-refractivity contribution in [2.75, 3.05) is 32.1 Å². The fourth-order valence-electron chi connectivity index (χ4n) is 2.93. The van der Waals surface area contributed by atoms with Crippen molar-refractivity contribution in [2.24, 2.45) is 10.9 Å². The van der Waals surface area contributed by atoms with Crippen molar-refractivity contribution in [3.05, 3.63) is 53.2 Å². The summed E-state index contributed by atoms with van der Waals surface area (Å²) in [6.07, 6.45) is 4.42. The van der Waals surface area contributed by atoms with E-state index in [9.17, 15) is 0 Å². The van der Waals surface area contributed by atoms with Crippen LogP contribution in [0.25, 0.3) is 0 Å². The number of aliphatic imine (C=N–C) groups is 1. The Labute approximate surface area is 174 Å². The van der Waals surface area contributed by atoms with Gasteiger partial charge in [-0.05, 0) is 61.9 Å². The fraction of sp³-hybridized carbons (Fsp3) is 0.478. The van der Waals surface area contributed by atoms with Crippen molar-refractivity contribution in [3.8, 4) is 5.75 Å². The van der Waals surface area contributed by atoms with Crippen LogP contribution in [0.5, 0.6) is 5.75 Å². The lowest BCUT2D eigenvalue weighted by atomic mass is 10.1. The summed E-state index contributed by atoms with van der Waals surface area (Å²) in [5.74, 6) is 3.45. The Morgan fingerprint density at radius 3 is 2.76 bits per heavy atom. The van der Waals surface area contributed by atoms with E-state index in [0.29, 0.717) is 13.1 Å². The summed E-state index contributed by atoms with van der Waals surface area (Å²) in [4.78, 5) is 11.1. The van der Waals surface area contributed by atoms with E-state index in [2.05, 4.69) is 53.7 Å². The van der Waals surface area contributed by atoms with Gasteiger partial charge in [0, 0.05) is 38.9 Å². The summed E-state index contributed by atoms with van der Waals surface area (Å²) >= 11 is 0. The minimum atomic E-state index is 0.595. The molecular formula is C23H33N5O. The molecule has 3 rings (SSSR count). The van der Waals surface area contributed by atoms with Gasteiger partial charge in [-0.2, -0.15) is 0 Å². The van der Waals surface area contributed by atoms with Crippen LogP contribution in [0.3, 0.4) is 0 Å². The number of ether oxygens (including phenoxy) is 1. The lowest BCUT2D eigenvalue weighted by Crippen LogP contribution is -2.36. The van der Waals surface area contributed by atoms with Crippen LogP contribution in [-0.2, 0) is 13.1 Å². The molecule has 1 aromatic heterocycles. The number of nitrogens with zero attached hydrogens (tertiary/aromatic N) is 3. The summed E-state index contributed by atoms with van der Waals surface area (Å²) in [6, 6.07) is 10.5. The fourth-order valence-corrected chi connectivity index (χ4v) is 2.93. The molecule has 1 aliphatic carbocycles. The zero-order valence-electron chi connectivity index (χ0n) is 18.0. The molecule has 0 aliphatic heterocycles. The molecule has 156 valence electrons. The first kappa shape index (κ1) is 21.0. The Hall–Kier alpha value is -2.76. The number of aromatic nitrogens is 1. The number of pyridine rings is 1. The van der Waals surface area contributed by atoms with E-state index in [0.717, 1.165) is 47.7 Å². The number of hydrogen-bond acceptors (Lipinski definition) is 4. The van der Waals surface area contributed by atoms with Gasteiger partial charge in [0.1, 0.15) is 11.6 Å². The minimum absolute atomic E-state index is 0.595. The van der Waals surface area contributed by atoms with Crippen LogP contribution in [-0.4, -0.2) is 38.2 Å². The average Bonchev–Trinajstić information content (AvgIpc) is 3.54. The van der Waals surface area contributed by atoms with Crippen LogP contribution < -0.4 is 20.3 Å². The maximum absolute atomic E-state index is 6.09. The number of anilines is 1. The number of nitrogens with one attached hydrogen (secondary N) is 2. The molecule has 1 fully saturated rings. The SMILES string of the molecule is CCNC(=NCc1ccnc(N(C)C)c1)NCc1ccc(C)cc1OCC1CC1. The molecule has 0 bridgehead atoms. The standard InChI is InChI=1S/C23H33N5O/c1-5-24-23(26-14-19-10-11-25-22(13-19)28(3)4)27-15-20-9-6-17(2)12-21(20)29-16-18-7-8-18/h6,9-13,18H,5,7-8,14-16H2,1-4H3,(H2,24,26,27). The van der Waals surface area contributed by atoms with Crippen molar-refractivity contribution in [2.45, 2.75) is 39.8 Å². The van der Waals surface area contributed by atoms with Crippen molar-refractivity contribution in [1.29, 1.82) is 0 Å². The highest BCUT2D eigenvalue weighted by Gasteiger charge is 2.22. The molecule has 2 N–H and O–H groups in total. The van der Waals surface area contributed by atoms with Crippen molar-refractivity contribution in [3.63, 3.8) is 0 Å². The number of rotatable bonds is 9. The first-order chi connectivity index (χ1) is 14.0. The molecule has 6 heteroatoms. The predicted octanol–water partition coefficient (Wildman–Crippen LogP) is 3.50. The Morgan fingerprint density at radius 1 is 1.21 bits per heavy atom. The van der Waals surface area contributed by atoms with Gasteiger partial charge in [-0.1, -0.05) is 12.1 Å². The highest BCUT2D eigenvalue weighted by molar-refractivity contribution is 5.79. The van der Waals surface area contributed by atoms with Gasteiger partial charge in [-0.15, -0.1) is 0 Å². The van der Waals surface area contributed by atoms with Crippen LogP contribution in [0.1, 0.15) is 36.5 Å². The van der Waals surface area contributed by atoms with Crippen LogP contribution in [0.4, 0.5) is 5.82 Å². The van der Waals surface area contributed by atoms with Crippen LogP contribution in [0.15, 0.2) is 41.5 Å². The topological polar surface area (TPSA) is 61.8 Å². The van der Waals surface area contributed by atoms with Gasteiger partial charge in [0.25, 0.3) is 0 Å². The third-order valence-corrected chi connectivity index (χ3v) is 4.87. The van der Waals surface area contributed by atoms with Crippen LogP contribution >= 0.6 is 0 Å². The average molecular weight is 396 g/mol. The molecule has 0 saturated heterocycles. The lowest BCUT2D eigenvalue weighted by molar-refractivity contribution is 0.296. The number of guanidine groups is 1. The van der Waals surface area contributed by atoms with E-state index in [1.165, 1.54) is 18.4 Å². The Morgan fingerprint density at radius 2 is 2.03 bits per heavy atom. The highest BCUT2D eigenvalue weighted by Crippen LogP contribution is 2.30. The maximum Gasteiger partial charge on any atom is 0.191 e. The van der Waals surface area contributed by atoms with Gasteiger partial charge >= 0.3 is 0 Å². The normalized spacial score (nSPS) is 13.9. The highest BCUT2D eigenvalue weighted by atomic mass is 16.5. The van der Waals surface area contributed by atoms with E-state index in [1.807, 2.05) is 31.3 Å². The Kier molecular flexibility index (Phi) is 7.33. The molecule has 1 aromatic carbocycles. The molecule has 1 saturated carbocycles. The molecule has 0 spiro atoms. The predicted molar refractivity (Wildman–Crippen MR) is 120 cm³/mol. The number of aryl methyl sites for hydroxylation is 1. The maximum atomic E-state index is 6.09. The summed E-state index contributed by atoms with van der Waals surface area (Å²) in [5.41, 5.74) is 3.50. The second-order valence-corrected chi connectivity index (χ2v) is 7.83. The summed E-state index contributed by atoms with van der Waals surface area (Å²) < 4.78 is 6.09. The zero-order valence-corrected chi connectivity index (χ0v) is 18.0. The molecule has 0 unspecified atom stereocenters. The quantitative estimate of drug-likeness (QED) is 0.503. The van der Waals surface area contributed by atoms with E-state index >= 15 is 0 Å². The summed E-state index contributed by atoms with van der Waals surface area (Å²) in [7, 11) is 3.98. The molecule has 1 aliphatic rings.